The van der Waals surface area contributed by atoms with Crippen molar-refractivity contribution >= 4 is 46.3 Å². The van der Waals surface area contributed by atoms with E-state index < -0.39 is 17.9 Å². The molecule has 9 heteroatoms. The molecule has 0 bridgehead atoms. The molecule has 152 valence electrons. The second-order valence-corrected chi connectivity index (χ2v) is 8.17. The van der Waals surface area contributed by atoms with Crippen LogP contribution < -0.4 is 14.2 Å². The van der Waals surface area contributed by atoms with Crippen LogP contribution in [0.2, 0.25) is 0 Å². The van der Waals surface area contributed by atoms with Crippen LogP contribution in [0.5, 0.6) is 17.2 Å². The van der Waals surface area contributed by atoms with Gasteiger partial charge in [0.15, 0.2) is 11.5 Å². The summed E-state index contributed by atoms with van der Waals surface area (Å²) in [6, 6.07) is 2.42. The average molecular weight is 426 g/mol. The second kappa shape index (κ2) is 9.29. The van der Waals surface area contributed by atoms with Gasteiger partial charge in [-0.05, 0) is 36.1 Å². The minimum atomic E-state index is -1.07. The molecule has 1 aliphatic heterocycles. The van der Waals surface area contributed by atoms with E-state index in [0.717, 1.165) is 11.8 Å². The fourth-order valence-corrected chi connectivity index (χ4v) is 4.20. The van der Waals surface area contributed by atoms with E-state index in [2.05, 4.69) is 0 Å². The van der Waals surface area contributed by atoms with Gasteiger partial charge in [-0.3, -0.25) is 9.69 Å². The van der Waals surface area contributed by atoms with Crippen LogP contribution in [0.1, 0.15) is 25.8 Å². The molecule has 0 saturated carbocycles. The molecule has 0 spiro atoms. The van der Waals surface area contributed by atoms with Crippen molar-refractivity contribution < 1.29 is 28.9 Å². The van der Waals surface area contributed by atoms with E-state index in [9.17, 15) is 14.7 Å². The van der Waals surface area contributed by atoms with E-state index in [-0.39, 0.29) is 10.2 Å². The van der Waals surface area contributed by atoms with Crippen LogP contribution in [0.3, 0.4) is 0 Å². The number of carbonyl (C=O) groups is 2. The zero-order valence-electron chi connectivity index (χ0n) is 16.3. The second-order valence-electron chi connectivity index (χ2n) is 6.49. The number of ether oxygens (including phenoxy) is 3. The third-order valence-corrected chi connectivity index (χ3v) is 5.43. The molecule has 7 nitrogen and oxygen atoms in total. The molecule has 1 heterocycles. The van der Waals surface area contributed by atoms with Gasteiger partial charge in [0.05, 0.1) is 26.2 Å². The predicted octanol–water partition coefficient (Wildman–Crippen LogP) is 3.41. The fourth-order valence-electron chi connectivity index (χ4n) is 2.85. The Morgan fingerprint density at radius 2 is 1.79 bits per heavy atom. The highest BCUT2D eigenvalue weighted by molar-refractivity contribution is 8.26. The average Bonchev–Trinajstić information content (AvgIpc) is 2.91. The summed E-state index contributed by atoms with van der Waals surface area (Å²) in [5, 5.41) is 9.56. The molecule has 1 N–H and O–H groups in total. The molecule has 1 fully saturated rings. The van der Waals surface area contributed by atoms with Crippen molar-refractivity contribution in [2.75, 3.05) is 21.3 Å². The van der Waals surface area contributed by atoms with Gasteiger partial charge in [-0.1, -0.05) is 37.8 Å². The first kappa shape index (κ1) is 22.0. The molecule has 0 unspecified atom stereocenters. The zero-order chi connectivity index (χ0) is 21.0. The molecular formula is C19H23NO6S2. The van der Waals surface area contributed by atoms with E-state index in [1.165, 1.54) is 26.2 Å². The topological polar surface area (TPSA) is 85.3 Å². The van der Waals surface area contributed by atoms with Crippen LogP contribution >= 0.6 is 24.0 Å². The van der Waals surface area contributed by atoms with Crippen molar-refractivity contribution in [3.63, 3.8) is 0 Å². The molecule has 1 atom stereocenters. The van der Waals surface area contributed by atoms with Crippen molar-refractivity contribution in [1.29, 1.82) is 0 Å². The zero-order valence-corrected chi connectivity index (χ0v) is 18.0. The summed E-state index contributed by atoms with van der Waals surface area (Å²) in [5.74, 6) is -0.0446. The summed E-state index contributed by atoms with van der Waals surface area (Å²) in [6.07, 6.45) is 1.96. The molecule has 2 rings (SSSR count). The molecule has 0 radical (unpaired) electrons. The number of carboxylic acid groups (broad SMARTS) is 1. The van der Waals surface area contributed by atoms with Crippen LogP contribution in [-0.4, -0.2) is 53.6 Å². The van der Waals surface area contributed by atoms with Gasteiger partial charge in [-0.2, -0.15) is 0 Å². The molecule has 1 saturated heterocycles. The van der Waals surface area contributed by atoms with Gasteiger partial charge in [0.25, 0.3) is 5.91 Å². The highest BCUT2D eigenvalue weighted by Gasteiger charge is 2.40. The first-order valence-electron chi connectivity index (χ1n) is 8.53. The van der Waals surface area contributed by atoms with Crippen LogP contribution in [0.15, 0.2) is 17.0 Å². The fraction of sp³-hybridized carbons (Fsp3) is 0.421. The first-order chi connectivity index (χ1) is 13.2. The van der Waals surface area contributed by atoms with Crippen molar-refractivity contribution in [1.82, 2.24) is 4.90 Å². The lowest BCUT2D eigenvalue weighted by Gasteiger charge is -2.24. The molecule has 28 heavy (non-hydrogen) atoms. The number of benzene rings is 1. The molecule has 1 amide bonds. The highest BCUT2D eigenvalue weighted by atomic mass is 32.2. The number of thiocarbonyl (C=S) groups is 1. The first-order valence-corrected chi connectivity index (χ1v) is 9.75. The quantitative estimate of drug-likeness (QED) is 0.501. The Morgan fingerprint density at radius 1 is 1.21 bits per heavy atom. The third kappa shape index (κ3) is 4.59. The minimum absolute atomic E-state index is 0.102. The molecule has 1 aliphatic rings. The maximum Gasteiger partial charge on any atom is 0.326 e. The summed E-state index contributed by atoms with van der Waals surface area (Å²) in [5.41, 5.74) is 0.644. The Balaban J connectivity index is 2.42. The smallest absolute Gasteiger partial charge is 0.326 e. The van der Waals surface area contributed by atoms with E-state index >= 15 is 0 Å². The SMILES string of the molecule is COc1cc(/C=C2\SC(=S)N([C@@H](CC(C)C)C(=O)O)C2=O)cc(OC)c1OC. The predicted molar refractivity (Wildman–Crippen MR) is 112 cm³/mol. The number of amides is 1. The van der Waals surface area contributed by atoms with Crippen molar-refractivity contribution in [2.24, 2.45) is 5.92 Å². The minimum Gasteiger partial charge on any atom is -0.493 e. The number of hydrogen-bond donors (Lipinski definition) is 1. The summed E-state index contributed by atoms with van der Waals surface area (Å²) in [4.78, 5) is 26.1. The standard InChI is InChI=1S/C19H23NO6S2/c1-10(2)6-12(18(22)23)20-17(21)15(28-19(20)27)9-11-7-13(24-3)16(26-5)14(8-11)25-4/h7-10,12H,6H2,1-5H3,(H,22,23)/b15-9-/t12-/m0/s1. The highest BCUT2D eigenvalue weighted by Crippen LogP contribution is 2.40. The van der Waals surface area contributed by atoms with Crippen molar-refractivity contribution in [2.45, 2.75) is 26.3 Å². The van der Waals surface area contributed by atoms with Gasteiger partial charge in [0.2, 0.25) is 5.75 Å². The molecular weight excluding hydrogens is 402 g/mol. The van der Waals surface area contributed by atoms with Gasteiger partial charge >= 0.3 is 5.97 Å². The number of nitrogens with zero attached hydrogens (tertiary/aromatic N) is 1. The van der Waals surface area contributed by atoms with E-state index in [1.807, 2.05) is 13.8 Å². The Hall–Kier alpha value is -2.26. The normalized spacial score (nSPS) is 16.6. The maximum atomic E-state index is 12.9. The number of thioether (sulfide) groups is 1. The monoisotopic (exact) mass is 425 g/mol. The van der Waals surface area contributed by atoms with Crippen LogP contribution in [-0.2, 0) is 9.59 Å². The summed E-state index contributed by atoms with van der Waals surface area (Å²) in [6.45, 7) is 3.80. The molecule has 1 aromatic rings. The summed E-state index contributed by atoms with van der Waals surface area (Å²) < 4.78 is 16.2. The number of carbonyl (C=O) groups excluding carboxylic acids is 1. The largest absolute Gasteiger partial charge is 0.493 e. The Bertz CT molecular complexity index is 796. The number of methoxy groups -OCH3 is 3. The van der Waals surface area contributed by atoms with Crippen LogP contribution in [0, 0.1) is 5.92 Å². The molecule has 0 aromatic heterocycles. The van der Waals surface area contributed by atoms with Gasteiger partial charge in [-0.15, -0.1) is 0 Å². The number of aliphatic carboxylic acids is 1. The summed E-state index contributed by atoms with van der Waals surface area (Å²) in [7, 11) is 4.51. The van der Waals surface area contributed by atoms with E-state index in [0.29, 0.717) is 34.1 Å². The number of hydrogen-bond acceptors (Lipinski definition) is 7. The summed E-state index contributed by atoms with van der Waals surface area (Å²) >= 11 is 6.37. The Labute approximate surface area is 173 Å². The van der Waals surface area contributed by atoms with Gasteiger partial charge in [0.1, 0.15) is 10.4 Å². The Morgan fingerprint density at radius 3 is 2.21 bits per heavy atom. The lowest BCUT2D eigenvalue weighted by molar-refractivity contribution is -0.145. The molecule has 1 aromatic carbocycles. The van der Waals surface area contributed by atoms with Gasteiger partial charge in [0, 0.05) is 0 Å². The number of carboxylic acids is 1. The Kier molecular flexibility index (Phi) is 7.31. The third-order valence-electron chi connectivity index (χ3n) is 4.10. The van der Waals surface area contributed by atoms with E-state index in [1.54, 1.807) is 18.2 Å². The van der Waals surface area contributed by atoms with Gasteiger partial charge < -0.3 is 19.3 Å². The van der Waals surface area contributed by atoms with Crippen molar-refractivity contribution in [3.8, 4) is 17.2 Å². The lowest BCUT2D eigenvalue weighted by Crippen LogP contribution is -2.44. The van der Waals surface area contributed by atoms with Crippen molar-refractivity contribution in [3.05, 3.63) is 22.6 Å². The van der Waals surface area contributed by atoms with Crippen LogP contribution in [0.25, 0.3) is 6.08 Å². The van der Waals surface area contributed by atoms with E-state index in [4.69, 9.17) is 26.4 Å². The van der Waals surface area contributed by atoms with Gasteiger partial charge in [-0.25, -0.2) is 4.79 Å². The lowest BCUT2D eigenvalue weighted by atomic mass is 10.0. The molecule has 0 aliphatic carbocycles. The number of rotatable bonds is 8. The van der Waals surface area contributed by atoms with Crippen LogP contribution in [0.4, 0.5) is 0 Å². The maximum absolute atomic E-state index is 12.9.